The van der Waals surface area contributed by atoms with Gasteiger partial charge in [0.1, 0.15) is 11.6 Å². The van der Waals surface area contributed by atoms with Crippen molar-refractivity contribution in [3.8, 4) is 11.8 Å². The van der Waals surface area contributed by atoms with Crippen LogP contribution in [-0.4, -0.2) is 15.4 Å². The van der Waals surface area contributed by atoms with Crippen LogP contribution in [0.15, 0.2) is 94.2 Å². The predicted octanol–water partition coefficient (Wildman–Crippen LogP) is 7.01. The van der Waals surface area contributed by atoms with Crippen LogP contribution >= 0.6 is 11.8 Å². The molecule has 0 fully saturated rings. The number of nitrogens with one attached hydrogen (secondary N) is 1. The number of non-ortho nitro benzene ring substituents is 1. The number of aromatic nitrogens is 1. The summed E-state index contributed by atoms with van der Waals surface area (Å²) in [6.45, 7) is 5.82. The molecule has 7 nitrogen and oxygen atoms in total. The number of nitrogens with zero attached hydrogens (tertiary/aromatic N) is 3. The van der Waals surface area contributed by atoms with Gasteiger partial charge in [0.25, 0.3) is 11.6 Å². The first-order chi connectivity index (χ1) is 17.8. The molecule has 0 bridgehead atoms. The predicted molar refractivity (Wildman–Crippen MR) is 146 cm³/mol. The summed E-state index contributed by atoms with van der Waals surface area (Å²) in [6.07, 6.45) is 1.62. The Morgan fingerprint density at radius 3 is 2.22 bits per heavy atom. The molecule has 4 aromatic rings. The van der Waals surface area contributed by atoms with Gasteiger partial charge in [-0.05, 0) is 86.5 Å². The van der Waals surface area contributed by atoms with Crippen molar-refractivity contribution in [1.82, 2.24) is 4.57 Å². The Kier molecular flexibility index (Phi) is 7.56. The Morgan fingerprint density at radius 1 is 1.00 bits per heavy atom. The largest absolute Gasteiger partial charge is 0.321 e. The number of para-hydroxylation sites is 1. The molecule has 0 radical (unpaired) electrons. The fourth-order valence-electron chi connectivity index (χ4n) is 3.97. The Balaban J connectivity index is 1.54. The van der Waals surface area contributed by atoms with Gasteiger partial charge < -0.3 is 9.88 Å². The number of nitro benzene ring substituents is 1. The van der Waals surface area contributed by atoms with Crippen LogP contribution in [0.5, 0.6) is 0 Å². The SMILES string of the molecule is Cc1ccccc1NC(=O)/C(C#N)=C\c1cc(C)n(-c2ccc(Sc3ccc([N+](=O)[O-])cc3)cc2)c1C. The van der Waals surface area contributed by atoms with E-state index in [9.17, 15) is 20.2 Å². The molecule has 0 saturated carbocycles. The zero-order chi connectivity index (χ0) is 26.5. The zero-order valence-electron chi connectivity index (χ0n) is 20.6. The minimum Gasteiger partial charge on any atom is -0.321 e. The van der Waals surface area contributed by atoms with Gasteiger partial charge in [-0.3, -0.25) is 14.9 Å². The van der Waals surface area contributed by atoms with E-state index in [4.69, 9.17) is 0 Å². The van der Waals surface area contributed by atoms with Crippen molar-refractivity contribution >= 4 is 35.1 Å². The van der Waals surface area contributed by atoms with Gasteiger partial charge in [-0.2, -0.15) is 5.26 Å². The molecule has 0 unspecified atom stereocenters. The average molecular weight is 509 g/mol. The highest BCUT2D eigenvalue weighted by molar-refractivity contribution is 7.99. The third-order valence-corrected chi connectivity index (χ3v) is 6.92. The minimum absolute atomic E-state index is 0.0262. The second-order valence-corrected chi connectivity index (χ2v) is 9.59. The number of anilines is 1. The highest BCUT2D eigenvalue weighted by Crippen LogP contribution is 2.31. The van der Waals surface area contributed by atoms with Crippen LogP contribution in [0.4, 0.5) is 11.4 Å². The molecule has 0 aliphatic rings. The molecule has 0 aliphatic carbocycles. The van der Waals surface area contributed by atoms with E-state index >= 15 is 0 Å². The lowest BCUT2D eigenvalue weighted by molar-refractivity contribution is -0.384. The Labute approximate surface area is 219 Å². The lowest BCUT2D eigenvalue weighted by Gasteiger charge is -2.11. The third kappa shape index (κ3) is 5.80. The van der Waals surface area contributed by atoms with Crippen molar-refractivity contribution in [3.63, 3.8) is 0 Å². The first-order valence-corrected chi connectivity index (χ1v) is 12.3. The molecular weight excluding hydrogens is 484 g/mol. The maximum atomic E-state index is 12.8. The number of hydrogen-bond acceptors (Lipinski definition) is 5. The number of aryl methyl sites for hydroxylation is 2. The molecule has 0 saturated heterocycles. The maximum Gasteiger partial charge on any atom is 0.269 e. The Bertz CT molecular complexity index is 1550. The molecule has 3 aromatic carbocycles. The monoisotopic (exact) mass is 508 g/mol. The molecule has 184 valence electrons. The van der Waals surface area contributed by atoms with Crippen LogP contribution in [0, 0.1) is 42.2 Å². The summed E-state index contributed by atoms with van der Waals surface area (Å²) in [5.41, 5.74) is 5.30. The molecule has 0 aliphatic heterocycles. The van der Waals surface area contributed by atoms with Gasteiger partial charge in [-0.25, -0.2) is 0 Å². The highest BCUT2D eigenvalue weighted by atomic mass is 32.2. The third-order valence-electron chi connectivity index (χ3n) is 5.91. The molecule has 4 rings (SSSR count). The van der Waals surface area contributed by atoms with Crippen molar-refractivity contribution in [3.05, 3.63) is 117 Å². The Morgan fingerprint density at radius 2 is 1.62 bits per heavy atom. The molecule has 0 atom stereocenters. The number of carbonyl (C=O) groups is 1. The van der Waals surface area contributed by atoms with Crippen molar-refractivity contribution in [2.45, 2.75) is 30.6 Å². The number of hydrogen-bond donors (Lipinski definition) is 1. The van der Waals surface area contributed by atoms with Gasteiger partial charge in [-0.1, -0.05) is 30.0 Å². The number of nitro groups is 1. The summed E-state index contributed by atoms with van der Waals surface area (Å²) in [6, 6.07) is 25.8. The summed E-state index contributed by atoms with van der Waals surface area (Å²) < 4.78 is 2.07. The Hall–Kier alpha value is -4.61. The van der Waals surface area contributed by atoms with E-state index in [1.165, 1.54) is 23.9 Å². The number of rotatable bonds is 7. The van der Waals surface area contributed by atoms with Crippen LogP contribution in [0.25, 0.3) is 11.8 Å². The first-order valence-electron chi connectivity index (χ1n) is 11.5. The molecule has 1 amide bonds. The van der Waals surface area contributed by atoms with Crippen LogP contribution in [0.2, 0.25) is 0 Å². The standard InChI is InChI=1S/C29H24N4O3S/c1-19-6-4-5-7-28(19)31-29(34)23(18-30)17-22-16-20(2)32(21(22)3)24-8-12-26(13-9-24)37-27-14-10-25(11-15-27)33(35)36/h4-17H,1-3H3,(H,31,34)/b23-17-. The van der Waals surface area contributed by atoms with Gasteiger partial charge in [0, 0.05) is 44.7 Å². The second kappa shape index (κ2) is 11.0. The van der Waals surface area contributed by atoms with Crippen LogP contribution in [0.3, 0.4) is 0 Å². The topological polar surface area (TPSA) is 101 Å². The summed E-state index contributed by atoms with van der Waals surface area (Å²) in [5, 5.41) is 23.3. The summed E-state index contributed by atoms with van der Waals surface area (Å²) in [5.74, 6) is -0.450. The first kappa shape index (κ1) is 25.5. The fraction of sp³-hybridized carbons (Fsp3) is 0.103. The van der Waals surface area contributed by atoms with Crippen LogP contribution < -0.4 is 5.32 Å². The highest BCUT2D eigenvalue weighted by Gasteiger charge is 2.15. The van der Waals surface area contributed by atoms with E-state index in [1.807, 2.05) is 75.4 Å². The molecule has 8 heteroatoms. The number of amides is 1. The summed E-state index contributed by atoms with van der Waals surface area (Å²) >= 11 is 1.52. The van der Waals surface area contributed by atoms with Gasteiger partial charge >= 0.3 is 0 Å². The van der Waals surface area contributed by atoms with E-state index in [0.717, 1.165) is 38.0 Å². The fourth-order valence-corrected chi connectivity index (χ4v) is 4.79. The van der Waals surface area contributed by atoms with Gasteiger partial charge in [0.05, 0.1) is 4.92 Å². The average Bonchev–Trinajstić information content (AvgIpc) is 3.17. The van der Waals surface area contributed by atoms with Crippen molar-refractivity contribution in [2.75, 3.05) is 5.32 Å². The molecule has 0 spiro atoms. The summed E-state index contributed by atoms with van der Waals surface area (Å²) in [4.78, 5) is 25.1. The lowest BCUT2D eigenvalue weighted by Crippen LogP contribution is -2.14. The van der Waals surface area contributed by atoms with Crippen molar-refractivity contribution in [2.24, 2.45) is 0 Å². The number of benzene rings is 3. The summed E-state index contributed by atoms with van der Waals surface area (Å²) in [7, 11) is 0. The number of carbonyl (C=O) groups excluding carboxylic acids is 1. The van der Waals surface area contributed by atoms with Gasteiger partial charge in [0.15, 0.2) is 0 Å². The molecule has 1 N–H and O–H groups in total. The molecule has 37 heavy (non-hydrogen) atoms. The van der Waals surface area contributed by atoms with Gasteiger partial charge in [0.2, 0.25) is 0 Å². The normalized spacial score (nSPS) is 11.1. The quantitative estimate of drug-likeness (QED) is 0.125. The number of nitriles is 1. The van der Waals surface area contributed by atoms with E-state index in [0.29, 0.717) is 5.69 Å². The second-order valence-electron chi connectivity index (χ2n) is 8.45. The minimum atomic E-state index is -0.450. The molecular formula is C29H24N4O3S. The van der Waals surface area contributed by atoms with Crippen molar-refractivity contribution in [1.29, 1.82) is 5.26 Å². The van der Waals surface area contributed by atoms with Crippen LogP contribution in [-0.2, 0) is 4.79 Å². The van der Waals surface area contributed by atoms with Crippen molar-refractivity contribution < 1.29 is 9.72 Å². The molecule has 1 aromatic heterocycles. The van der Waals surface area contributed by atoms with E-state index < -0.39 is 10.8 Å². The van der Waals surface area contributed by atoms with E-state index in [1.54, 1.807) is 24.3 Å². The lowest BCUT2D eigenvalue weighted by atomic mass is 10.1. The maximum absolute atomic E-state index is 12.8. The van der Waals surface area contributed by atoms with Gasteiger partial charge in [-0.15, -0.1) is 0 Å². The zero-order valence-corrected chi connectivity index (χ0v) is 21.4. The molecule has 1 heterocycles. The van der Waals surface area contributed by atoms with Crippen LogP contribution in [0.1, 0.15) is 22.5 Å². The van der Waals surface area contributed by atoms with E-state index in [2.05, 4.69) is 9.88 Å². The van der Waals surface area contributed by atoms with E-state index in [-0.39, 0.29) is 11.3 Å². The smallest absolute Gasteiger partial charge is 0.269 e.